The van der Waals surface area contributed by atoms with Gasteiger partial charge < -0.3 is 16.0 Å². The van der Waals surface area contributed by atoms with Crippen molar-refractivity contribution in [1.82, 2.24) is 34.7 Å². The summed E-state index contributed by atoms with van der Waals surface area (Å²) in [6.45, 7) is 5.16. The van der Waals surface area contributed by atoms with Crippen molar-refractivity contribution >= 4 is 22.9 Å². The van der Waals surface area contributed by atoms with Gasteiger partial charge in [0.15, 0.2) is 11.5 Å². The number of carbonyl (C=O) groups excluding carboxylic acids is 1. The first kappa shape index (κ1) is 26.0. The lowest BCUT2D eigenvalue weighted by Gasteiger charge is -2.33. The zero-order chi connectivity index (χ0) is 28.6. The number of nitrogens with one attached hydrogen (secondary N) is 1. The number of rotatable bonds is 6. The van der Waals surface area contributed by atoms with Crippen molar-refractivity contribution < 1.29 is 4.79 Å². The topological polar surface area (TPSA) is 115 Å². The Morgan fingerprint density at radius 2 is 1.86 bits per heavy atom. The Hall–Kier alpha value is -4.89. The van der Waals surface area contributed by atoms with E-state index in [-0.39, 0.29) is 5.91 Å². The maximum absolute atomic E-state index is 12.0. The summed E-state index contributed by atoms with van der Waals surface area (Å²) in [6.07, 6.45) is 12.5. The number of nitrogens with zero attached hydrogens (tertiary/aromatic N) is 6. The van der Waals surface area contributed by atoms with E-state index in [2.05, 4.69) is 44.6 Å². The van der Waals surface area contributed by atoms with E-state index in [1.807, 2.05) is 47.6 Å². The van der Waals surface area contributed by atoms with Crippen molar-refractivity contribution in [3.8, 4) is 28.2 Å². The first-order valence-corrected chi connectivity index (χ1v) is 14.4. The van der Waals surface area contributed by atoms with Gasteiger partial charge in [0.2, 0.25) is 5.91 Å². The number of piperidine rings is 1. The zero-order valence-electron chi connectivity index (χ0n) is 23.3. The number of nitrogens with two attached hydrogens (primary N) is 1. The molecule has 1 atom stereocenters. The minimum Gasteiger partial charge on any atom is -0.383 e. The Bertz CT molecular complexity index is 1790. The largest absolute Gasteiger partial charge is 0.383 e. The Morgan fingerprint density at radius 1 is 1.00 bits per heavy atom. The van der Waals surface area contributed by atoms with Crippen LogP contribution in [0.15, 0.2) is 86.0 Å². The molecule has 5 aromatic rings. The molecule has 1 fully saturated rings. The Morgan fingerprint density at radius 3 is 2.64 bits per heavy atom. The number of amides is 1. The van der Waals surface area contributed by atoms with Gasteiger partial charge >= 0.3 is 0 Å². The summed E-state index contributed by atoms with van der Waals surface area (Å²) >= 11 is 0. The highest BCUT2D eigenvalue weighted by atomic mass is 16.2. The van der Waals surface area contributed by atoms with Crippen LogP contribution in [0.3, 0.4) is 0 Å². The first-order chi connectivity index (χ1) is 20.6. The number of benzene rings is 1. The number of anilines is 1. The molecule has 2 aliphatic rings. The van der Waals surface area contributed by atoms with E-state index >= 15 is 0 Å². The number of hydrogen-bond acceptors (Lipinski definition) is 7. The highest BCUT2D eigenvalue weighted by Gasteiger charge is 2.29. The average Bonchev–Trinajstić information content (AvgIpc) is 3.62. The molecule has 0 saturated carbocycles. The van der Waals surface area contributed by atoms with Crippen LogP contribution >= 0.6 is 0 Å². The molecular weight excluding hydrogens is 524 g/mol. The van der Waals surface area contributed by atoms with E-state index in [1.54, 1.807) is 12.4 Å². The number of aromatic nitrogens is 5. The SMILES string of the molecule is C=CC(=O)N1CCC(N[C@H]2CCc3cc(-n4c(-c5cccnc5N)nc5cc(-c6cccnc6)cnc54)ccc32)CC1. The van der Waals surface area contributed by atoms with Crippen LogP contribution in [0.1, 0.15) is 36.4 Å². The van der Waals surface area contributed by atoms with Crippen LogP contribution in [0, 0.1) is 0 Å². The predicted molar refractivity (Wildman–Crippen MR) is 164 cm³/mol. The molecule has 42 heavy (non-hydrogen) atoms. The van der Waals surface area contributed by atoms with Crippen LogP contribution in [0.25, 0.3) is 39.4 Å². The van der Waals surface area contributed by atoms with Crippen molar-refractivity contribution in [2.24, 2.45) is 0 Å². The Labute approximate surface area is 244 Å². The van der Waals surface area contributed by atoms with Crippen molar-refractivity contribution in [3.05, 3.63) is 97.1 Å². The van der Waals surface area contributed by atoms with Crippen molar-refractivity contribution in [2.45, 2.75) is 37.8 Å². The maximum Gasteiger partial charge on any atom is 0.245 e. The molecule has 0 unspecified atom stereocenters. The van der Waals surface area contributed by atoms with Gasteiger partial charge in [0, 0.05) is 66.8 Å². The van der Waals surface area contributed by atoms with Gasteiger partial charge in [-0.25, -0.2) is 15.0 Å². The Kier molecular flexibility index (Phi) is 6.71. The lowest BCUT2D eigenvalue weighted by molar-refractivity contribution is -0.127. The minimum atomic E-state index is 0.0226. The van der Waals surface area contributed by atoms with Crippen LogP contribution < -0.4 is 11.1 Å². The van der Waals surface area contributed by atoms with E-state index in [0.717, 1.165) is 72.3 Å². The molecule has 9 heteroatoms. The van der Waals surface area contributed by atoms with Crippen molar-refractivity contribution in [2.75, 3.05) is 18.8 Å². The molecule has 5 heterocycles. The average molecular weight is 557 g/mol. The van der Waals surface area contributed by atoms with E-state index in [9.17, 15) is 4.79 Å². The third-order valence-electron chi connectivity index (χ3n) is 8.45. The van der Waals surface area contributed by atoms with Crippen LogP contribution in [-0.4, -0.2) is 54.4 Å². The lowest BCUT2D eigenvalue weighted by Crippen LogP contribution is -2.45. The van der Waals surface area contributed by atoms with Gasteiger partial charge in [-0.2, -0.15) is 0 Å². The maximum atomic E-state index is 12.0. The zero-order valence-corrected chi connectivity index (χ0v) is 23.3. The van der Waals surface area contributed by atoms with Gasteiger partial charge in [-0.1, -0.05) is 18.7 Å². The molecule has 1 amide bonds. The molecule has 1 aromatic carbocycles. The lowest BCUT2D eigenvalue weighted by atomic mass is 10.0. The summed E-state index contributed by atoms with van der Waals surface area (Å²) in [5, 5.41) is 3.88. The summed E-state index contributed by atoms with van der Waals surface area (Å²) in [5.74, 6) is 1.15. The van der Waals surface area contributed by atoms with Gasteiger partial charge in [0.1, 0.15) is 11.3 Å². The second-order valence-electron chi connectivity index (χ2n) is 11.0. The number of nitrogen functional groups attached to an aromatic ring is 1. The van der Waals surface area contributed by atoms with Crippen LogP contribution in [0.4, 0.5) is 5.82 Å². The molecule has 9 nitrogen and oxygen atoms in total. The predicted octanol–water partition coefficient (Wildman–Crippen LogP) is 4.88. The first-order valence-electron chi connectivity index (χ1n) is 14.4. The highest BCUT2D eigenvalue weighted by Crippen LogP contribution is 2.37. The number of pyridine rings is 3. The van der Waals surface area contributed by atoms with Gasteiger partial charge in [-0.15, -0.1) is 0 Å². The molecule has 1 saturated heterocycles. The fourth-order valence-corrected chi connectivity index (χ4v) is 6.28. The van der Waals surface area contributed by atoms with E-state index in [4.69, 9.17) is 15.7 Å². The second-order valence-corrected chi connectivity index (χ2v) is 11.0. The number of aryl methyl sites for hydroxylation is 1. The summed E-state index contributed by atoms with van der Waals surface area (Å²) < 4.78 is 2.09. The third kappa shape index (κ3) is 4.71. The smallest absolute Gasteiger partial charge is 0.245 e. The molecule has 0 radical (unpaired) electrons. The molecule has 0 spiro atoms. The number of imidazole rings is 1. The van der Waals surface area contributed by atoms with Gasteiger partial charge in [-0.3, -0.25) is 14.3 Å². The molecule has 7 rings (SSSR count). The molecule has 1 aliphatic heterocycles. The standard InChI is InChI=1S/C33H32N8O/c1-2-30(42)40-15-11-24(12-16-40)38-28-10-7-21-17-25(8-9-26(21)28)41-32(27-6-4-14-36-31(27)34)39-29-18-23(20-37-33(29)41)22-5-3-13-35-19-22/h2-6,8-9,13-14,17-20,24,28,38H,1,7,10-12,15-16H2,(H2,34,36)/t28-/m0/s1. The van der Waals surface area contributed by atoms with Crippen molar-refractivity contribution in [1.29, 1.82) is 0 Å². The minimum absolute atomic E-state index is 0.0226. The number of hydrogen-bond donors (Lipinski definition) is 2. The molecule has 4 aromatic heterocycles. The van der Waals surface area contributed by atoms with E-state index in [0.29, 0.717) is 23.7 Å². The fraction of sp³-hybridized carbons (Fsp3) is 0.242. The quantitative estimate of drug-likeness (QED) is 0.287. The normalized spacial score (nSPS) is 17.0. The van der Waals surface area contributed by atoms with E-state index < -0.39 is 0 Å². The van der Waals surface area contributed by atoms with Crippen LogP contribution in [0.5, 0.6) is 0 Å². The van der Waals surface area contributed by atoms with Gasteiger partial charge in [-0.05, 0) is 79.3 Å². The van der Waals surface area contributed by atoms with Crippen molar-refractivity contribution in [3.63, 3.8) is 0 Å². The summed E-state index contributed by atoms with van der Waals surface area (Å²) in [6, 6.07) is 17.1. The molecular formula is C33H32N8O. The third-order valence-corrected chi connectivity index (χ3v) is 8.45. The number of likely N-dealkylation sites (tertiary alicyclic amines) is 1. The molecule has 1 aliphatic carbocycles. The monoisotopic (exact) mass is 556 g/mol. The second kappa shape index (κ2) is 10.8. The fourth-order valence-electron chi connectivity index (χ4n) is 6.28. The molecule has 210 valence electrons. The summed E-state index contributed by atoms with van der Waals surface area (Å²) in [7, 11) is 0. The van der Waals surface area contributed by atoms with E-state index in [1.165, 1.54) is 17.2 Å². The Balaban J connectivity index is 1.22. The summed E-state index contributed by atoms with van der Waals surface area (Å²) in [5.41, 5.74) is 14.2. The number of fused-ring (bicyclic) bond motifs is 2. The highest BCUT2D eigenvalue weighted by molar-refractivity contribution is 5.87. The molecule has 0 bridgehead atoms. The van der Waals surface area contributed by atoms with Crippen LogP contribution in [0.2, 0.25) is 0 Å². The summed E-state index contributed by atoms with van der Waals surface area (Å²) in [4.78, 5) is 32.4. The van der Waals surface area contributed by atoms with Gasteiger partial charge in [0.05, 0.1) is 5.56 Å². The molecule has 3 N–H and O–H groups in total. The number of carbonyl (C=O) groups is 1. The van der Waals surface area contributed by atoms with Gasteiger partial charge in [0.25, 0.3) is 0 Å². The van der Waals surface area contributed by atoms with Crippen LogP contribution in [-0.2, 0) is 11.2 Å².